The average Bonchev–Trinajstić information content (AvgIpc) is 3.16. The largest absolute Gasteiger partial charge is 0.351 e. The molecule has 0 unspecified atom stereocenters. The van der Waals surface area contributed by atoms with Gasteiger partial charge >= 0.3 is 0 Å². The van der Waals surface area contributed by atoms with Crippen molar-refractivity contribution in [2.75, 3.05) is 6.54 Å². The van der Waals surface area contributed by atoms with Crippen molar-refractivity contribution in [2.24, 2.45) is 0 Å². The third kappa shape index (κ3) is 3.86. The summed E-state index contributed by atoms with van der Waals surface area (Å²) < 4.78 is 0. The molecule has 1 N–H and O–H groups in total. The van der Waals surface area contributed by atoms with Gasteiger partial charge in [0.25, 0.3) is 5.91 Å². The topological polar surface area (TPSA) is 42.0 Å². The zero-order valence-corrected chi connectivity index (χ0v) is 14.8. The standard InChI is InChI=1S/C18H18N2OS2/c1-12-8-10-22-17(12)18(21)19-9-7-14-3-5-15(6-4-14)16-11-23-13(2)20-16/h3-6,8,10-11H,7,9H2,1-2H3,(H,19,21). The lowest BCUT2D eigenvalue weighted by Gasteiger charge is -2.05. The number of carbonyl (C=O) groups excluding carboxylic acids is 1. The lowest BCUT2D eigenvalue weighted by Crippen LogP contribution is -2.25. The van der Waals surface area contributed by atoms with Crippen molar-refractivity contribution in [3.63, 3.8) is 0 Å². The molecule has 5 heteroatoms. The van der Waals surface area contributed by atoms with Crippen LogP contribution in [0.1, 0.15) is 25.8 Å². The fourth-order valence-electron chi connectivity index (χ4n) is 2.34. The highest BCUT2D eigenvalue weighted by molar-refractivity contribution is 7.12. The van der Waals surface area contributed by atoms with Gasteiger partial charge in [0.1, 0.15) is 0 Å². The maximum absolute atomic E-state index is 12.1. The first kappa shape index (κ1) is 15.9. The average molecular weight is 342 g/mol. The monoisotopic (exact) mass is 342 g/mol. The zero-order valence-electron chi connectivity index (χ0n) is 13.1. The van der Waals surface area contributed by atoms with Crippen LogP contribution in [0.4, 0.5) is 0 Å². The Morgan fingerprint density at radius 3 is 2.52 bits per heavy atom. The normalized spacial score (nSPS) is 10.7. The summed E-state index contributed by atoms with van der Waals surface area (Å²) in [4.78, 5) is 17.4. The van der Waals surface area contributed by atoms with Gasteiger partial charge in [-0.2, -0.15) is 0 Å². The first-order valence-electron chi connectivity index (χ1n) is 7.47. The maximum atomic E-state index is 12.1. The third-order valence-electron chi connectivity index (χ3n) is 3.64. The molecule has 3 nitrogen and oxygen atoms in total. The first-order valence-corrected chi connectivity index (χ1v) is 9.23. The Hall–Kier alpha value is -1.98. The summed E-state index contributed by atoms with van der Waals surface area (Å²) in [5.41, 5.74) is 4.41. The Balaban J connectivity index is 1.55. The van der Waals surface area contributed by atoms with Gasteiger partial charge in [-0.05, 0) is 42.8 Å². The second kappa shape index (κ2) is 7.06. The predicted octanol–water partition coefficient (Wildman–Crippen LogP) is 4.46. The summed E-state index contributed by atoms with van der Waals surface area (Å²) >= 11 is 3.15. The number of aromatic nitrogens is 1. The highest BCUT2D eigenvalue weighted by Crippen LogP contribution is 2.22. The number of hydrogen-bond acceptors (Lipinski definition) is 4. The molecule has 3 aromatic rings. The van der Waals surface area contributed by atoms with Crippen molar-refractivity contribution in [1.82, 2.24) is 10.3 Å². The molecule has 2 heterocycles. The SMILES string of the molecule is Cc1nc(-c2ccc(CCNC(=O)c3sccc3C)cc2)cs1. The number of benzene rings is 1. The van der Waals surface area contributed by atoms with Crippen LogP contribution in [0.15, 0.2) is 41.1 Å². The van der Waals surface area contributed by atoms with Gasteiger partial charge in [-0.1, -0.05) is 24.3 Å². The number of hydrogen-bond donors (Lipinski definition) is 1. The van der Waals surface area contributed by atoms with Crippen LogP contribution in [0.25, 0.3) is 11.3 Å². The summed E-state index contributed by atoms with van der Waals surface area (Å²) in [6.07, 6.45) is 0.826. The van der Waals surface area contributed by atoms with Crippen LogP contribution in [0, 0.1) is 13.8 Å². The van der Waals surface area contributed by atoms with Crippen LogP contribution in [0.5, 0.6) is 0 Å². The molecule has 0 spiro atoms. The van der Waals surface area contributed by atoms with Crippen LogP contribution in [0.2, 0.25) is 0 Å². The third-order valence-corrected chi connectivity index (χ3v) is 5.43. The van der Waals surface area contributed by atoms with Gasteiger partial charge in [-0.25, -0.2) is 4.98 Å². The minimum absolute atomic E-state index is 0.0204. The second-order valence-corrected chi connectivity index (χ2v) is 7.37. The van der Waals surface area contributed by atoms with Crippen molar-refractivity contribution in [3.05, 3.63) is 62.1 Å². The van der Waals surface area contributed by atoms with E-state index in [2.05, 4.69) is 39.9 Å². The number of rotatable bonds is 5. The summed E-state index contributed by atoms with van der Waals surface area (Å²) in [6, 6.07) is 10.4. The molecule has 1 amide bonds. The molecule has 23 heavy (non-hydrogen) atoms. The quantitative estimate of drug-likeness (QED) is 0.744. The number of amides is 1. The molecule has 0 fully saturated rings. The van der Waals surface area contributed by atoms with E-state index in [0.29, 0.717) is 6.54 Å². The van der Waals surface area contributed by atoms with Crippen LogP contribution in [-0.4, -0.2) is 17.4 Å². The minimum atomic E-state index is 0.0204. The van der Waals surface area contributed by atoms with E-state index in [1.54, 1.807) is 11.3 Å². The molecule has 0 aliphatic heterocycles. The van der Waals surface area contributed by atoms with Gasteiger partial charge in [0.05, 0.1) is 15.6 Å². The van der Waals surface area contributed by atoms with Crippen molar-refractivity contribution >= 4 is 28.6 Å². The molecule has 118 valence electrons. The van der Waals surface area contributed by atoms with Crippen LogP contribution in [0.3, 0.4) is 0 Å². The van der Waals surface area contributed by atoms with E-state index in [0.717, 1.165) is 33.1 Å². The Bertz CT molecular complexity index is 803. The molecular formula is C18H18N2OS2. The van der Waals surface area contributed by atoms with Gasteiger partial charge in [-0.15, -0.1) is 22.7 Å². The molecule has 0 radical (unpaired) electrons. The molecule has 0 saturated heterocycles. The maximum Gasteiger partial charge on any atom is 0.261 e. The fourth-order valence-corrected chi connectivity index (χ4v) is 3.81. The van der Waals surface area contributed by atoms with E-state index in [1.165, 1.54) is 16.9 Å². The minimum Gasteiger partial charge on any atom is -0.351 e. The van der Waals surface area contributed by atoms with E-state index >= 15 is 0 Å². The van der Waals surface area contributed by atoms with Gasteiger partial charge in [0.15, 0.2) is 0 Å². The lowest BCUT2D eigenvalue weighted by molar-refractivity contribution is 0.0957. The van der Waals surface area contributed by atoms with Crippen molar-refractivity contribution in [3.8, 4) is 11.3 Å². The molecule has 2 aromatic heterocycles. The second-order valence-electron chi connectivity index (χ2n) is 5.39. The molecule has 0 atom stereocenters. The Morgan fingerprint density at radius 1 is 1.13 bits per heavy atom. The van der Waals surface area contributed by atoms with E-state index in [9.17, 15) is 4.79 Å². The van der Waals surface area contributed by atoms with Crippen LogP contribution >= 0.6 is 22.7 Å². The molecule has 0 bridgehead atoms. The highest BCUT2D eigenvalue weighted by Gasteiger charge is 2.09. The van der Waals surface area contributed by atoms with Crippen LogP contribution in [-0.2, 0) is 6.42 Å². The van der Waals surface area contributed by atoms with Crippen molar-refractivity contribution in [2.45, 2.75) is 20.3 Å². The van der Waals surface area contributed by atoms with Crippen LogP contribution < -0.4 is 5.32 Å². The van der Waals surface area contributed by atoms with E-state index in [1.807, 2.05) is 25.3 Å². The van der Waals surface area contributed by atoms with E-state index in [-0.39, 0.29) is 5.91 Å². The summed E-state index contributed by atoms with van der Waals surface area (Å²) in [5.74, 6) is 0.0204. The van der Waals surface area contributed by atoms with Gasteiger partial charge < -0.3 is 5.32 Å². The molecule has 1 aromatic carbocycles. The van der Waals surface area contributed by atoms with Gasteiger partial charge in [0, 0.05) is 17.5 Å². The number of nitrogens with one attached hydrogen (secondary N) is 1. The molecule has 0 aliphatic rings. The zero-order chi connectivity index (χ0) is 16.2. The Morgan fingerprint density at radius 2 is 1.91 bits per heavy atom. The highest BCUT2D eigenvalue weighted by atomic mass is 32.1. The summed E-state index contributed by atoms with van der Waals surface area (Å²) in [7, 11) is 0. The number of aryl methyl sites for hydroxylation is 2. The number of thiophene rings is 1. The first-order chi connectivity index (χ1) is 11.1. The summed E-state index contributed by atoms with van der Waals surface area (Å²) in [5, 5.41) is 8.09. The Labute approximate surface area is 144 Å². The summed E-state index contributed by atoms with van der Waals surface area (Å²) in [6.45, 7) is 4.62. The van der Waals surface area contributed by atoms with Gasteiger partial charge in [-0.3, -0.25) is 4.79 Å². The van der Waals surface area contributed by atoms with Crippen molar-refractivity contribution < 1.29 is 4.79 Å². The van der Waals surface area contributed by atoms with Gasteiger partial charge in [0.2, 0.25) is 0 Å². The van der Waals surface area contributed by atoms with E-state index in [4.69, 9.17) is 0 Å². The number of thiazole rings is 1. The molecule has 0 aliphatic carbocycles. The predicted molar refractivity (Wildman–Crippen MR) is 97.4 cm³/mol. The molecule has 3 rings (SSSR count). The fraction of sp³-hybridized carbons (Fsp3) is 0.222. The van der Waals surface area contributed by atoms with E-state index < -0.39 is 0 Å². The Kier molecular flexibility index (Phi) is 4.88. The molecular weight excluding hydrogens is 324 g/mol. The molecule has 0 saturated carbocycles. The smallest absolute Gasteiger partial charge is 0.261 e. The lowest BCUT2D eigenvalue weighted by atomic mass is 10.1. The number of carbonyl (C=O) groups is 1. The van der Waals surface area contributed by atoms with Crippen molar-refractivity contribution in [1.29, 1.82) is 0 Å². The number of nitrogens with zero attached hydrogens (tertiary/aromatic N) is 1.